The van der Waals surface area contributed by atoms with Crippen molar-refractivity contribution in [2.75, 3.05) is 17.8 Å². The number of benzene rings is 2. The highest BCUT2D eigenvalue weighted by Crippen LogP contribution is 2.40. The van der Waals surface area contributed by atoms with Crippen LogP contribution < -0.4 is 9.62 Å². The molecule has 1 heterocycles. The van der Waals surface area contributed by atoms with Crippen molar-refractivity contribution in [1.82, 2.24) is 5.32 Å². The maximum Gasteiger partial charge on any atom is 0.304 e. The second-order valence-electron chi connectivity index (χ2n) is 5.35. The molecule has 132 valence electrons. The zero-order valence-corrected chi connectivity index (χ0v) is 14.6. The van der Waals surface area contributed by atoms with Crippen LogP contribution in [-0.2, 0) is 14.8 Å². The Morgan fingerprint density at radius 2 is 2.04 bits per heavy atom. The van der Waals surface area contributed by atoms with Crippen molar-refractivity contribution in [2.45, 2.75) is 17.3 Å². The van der Waals surface area contributed by atoms with E-state index in [1.165, 1.54) is 31.3 Å². The number of fused-ring (bicyclic) bond motifs is 2. The van der Waals surface area contributed by atoms with Gasteiger partial charge >= 0.3 is 5.97 Å². The number of carbonyl (C=O) groups is 1. The Hall–Kier alpha value is -2.09. The van der Waals surface area contributed by atoms with Gasteiger partial charge in [0, 0.05) is 24.1 Å². The smallest absolute Gasteiger partial charge is 0.304 e. The van der Waals surface area contributed by atoms with Crippen LogP contribution in [0.1, 0.15) is 29.0 Å². The number of hydrogen-bond donors (Lipinski definition) is 2. The molecule has 0 spiro atoms. The molecule has 6 nitrogen and oxygen atoms in total. The van der Waals surface area contributed by atoms with Crippen LogP contribution in [0.3, 0.4) is 0 Å². The summed E-state index contributed by atoms with van der Waals surface area (Å²) in [7, 11) is -2.72. The molecule has 0 bridgehead atoms. The third-order valence-electron chi connectivity index (χ3n) is 3.90. The third-order valence-corrected chi connectivity index (χ3v) is 5.96. The monoisotopic (exact) mass is 384 g/mol. The highest BCUT2D eigenvalue weighted by Gasteiger charge is 2.34. The maximum absolute atomic E-state index is 13.1. The van der Waals surface area contributed by atoms with Gasteiger partial charge in [-0.05, 0) is 29.3 Å². The summed E-state index contributed by atoms with van der Waals surface area (Å²) in [5, 5.41) is 11.7. The predicted molar refractivity (Wildman–Crippen MR) is 95.6 cm³/mol. The number of anilines is 1. The first-order valence-electron chi connectivity index (χ1n) is 9.19. The molecule has 1 unspecified atom stereocenters. The van der Waals surface area contributed by atoms with Gasteiger partial charge in [-0.3, -0.25) is 9.10 Å². The first-order valence-corrected chi connectivity index (χ1v) is 9.01. The number of carboxylic acids is 1. The first-order chi connectivity index (χ1) is 13.3. The SMILES string of the molecule is [2H]C([2H])(NC1c2ccccc2N(C)S(=O)(=O)c2cc(Cl)ccc21)C([2H])([2H])C(=O)O. The van der Waals surface area contributed by atoms with Crippen LogP contribution in [0.25, 0.3) is 0 Å². The average molecular weight is 385 g/mol. The fraction of sp³-hybridized carbons (Fsp3) is 0.235. The number of aliphatic carboxylic acids is 1. The summed E-state index contributed by atoms with van der Waals surface area (Å²) < 4.78 is 58.7. The zero-order valence-electron chi connectivity index (χ0n) is 17.0. The Bertz CT molecular complexity index is 1090. The van der Waals surface area contributed by atoms with Crippen LogP contribution in [0.5, 0.6) is 0 Å². The van der Waals surface area contributed by atoms with E-state index in [2.05, 4.69) is 5.32 Å². The van der Waals surface area contributed by atoms with E-state index < -0.39 is 34.9 Å². The van der Waals surface area contributed by atoms with E-state index in [-0.39, 0.29) is 21.2 Å². The minimum Gasteiger partial charge on any atom is -0.481 e. The normalized spacial score (nSPS) is 21.7. The molecule has 0 saturated carbocycles. The van der Waals surface area contributed by atoms with Crippen molar-refractivity contribution >= 4 is 33.3 Å². The Morgan fingerprint density at radius 1 is 1.32 bits per heavy atom. The van der Waals surface area contributed by atoms with E-state index in [1.54, 1.807) is 18.2 Å². The summed E-state index contributed by atoms with van der Waals surface area (Å²) in [6.45, 7) is -3.04. The summed E-state index contributed by atoms with van der Waals surface area (Å²) in [4.78, 5) is 11.1. The fourth-order valence-electron chi connectivity index (χ4n) is 2.75. The summed E-state index contributed by atoms with van der Waals surface area (Å²) in [5.41, 5.74) is 0.699. The topological polar surface area (TPSA) is 86.7 Å². The van der Waals surface area contributed by atoms with E-state index in [9.17, 15) is 13.2 Å². The van der Waals surface area contributed by atoms with Crippen molar-refractivity contribution in [1.29, 1.82) is 0 Å². The molecule has 25 heavy (non-hydrogen) atoms. The van der Waals surface area contributed by atoms with Crippen LogP contribution in [-0.4, -0.2) is 33.0 Å². The second kappa shape index (κ2) is 6.67. The number of halogens is 1. The van der Waals surface area contributed by atoms with Crippen LogP contribution in [0.4, 0.5) is 5.69 Å². The average Bonchev–Trinajstić information content (AvgIpc) is 2.70. The van der Waals surface area contributed by atoms with Gasteiger partial charge in [0.2, 0.25) is 0 Å². The van der Waals surface area contributed by atoms with Gasteiger partial charge in [-0.15, -0.1) is 0 Å². The molecule has 8 heteroatoms. The molecule has 0 fully saturated rings. The second-order valence-corrected chi connectivity index (χ2v) is 7.72. The molecule has 1 aliphatic rings. The minimum absolute atomic E-state index is 0.122. The van der Waals surface area contributed by atoms with Crippen molar-refractivity contribution in [3.05, 3.63) is 58.6 Å². The highest BCUT2D eigenvalue weighted by atomic mass is 35.5. The number of hydrogen-bond acceptors (Lipinski definition) is 4. The van der Waals surface area contributed by atoms with Gasteiger partial charge in [0.15, 0.2) is 0 Å². The molecule has 2 N–H and O–H groups in total. The van der Waals surface area contributed by atoms with E-state index in [0.29, 0.717) is 5.56 Å². The molecule has 0 aliphatic carbocycles. The standard InChI is InChI=1S/C17H17ClN2O4S/c1-20-14-5-3-2-4-12(14)17(19-9-8-16(21)22)13-7-6-11(18)10-15(13)25(20,23)24/h2-7,10,17,19H,8-9H2,1H3,(H,21,22)/i8D2,9D2. The Kier molecular flexibility index (Phi) is 3.51. The highest BCUT2D eigenvalue weighted by molar-refractivity contribution is 7.92. The van der Waals surface area contributed by atoms with Gasteiger partial charge in [0.05, 0.1) is 23.0 Å². The van der Waals surface area contributed by atoms with Crippen molar-refractivity contribution in [3.63, 3.8) is 0 Å². The van der Waals surface area contributed by atoms with Gasteiger partial charge in [-0.25, -0.2) is 8.42 Å². The van der Waals surface area contributed by atoms with Gasteiger partial charge in [-0.2, -0.15) is 0 Å². The molecule has 0 radical (unpaired) electrons. The molecular formula is C17H17ClN2O4S. The molecule has 1 atom stereocenters. The van der Waals surface area contributed by atoms with E-state index in [4.69, 9.17) is 22.2 Å². The Morgan fingerprint density at radius 3 is 2.76 bits per heavy atom. The van der Waals surface area contributed by atoms with E-state index in [0.717, 1.165) is 4.31 Å². The predicted octanol–water partition coefficient (Wildman–Crippen LogP) is 2.63. The van der Waals surface area contributed by atoms with Crippen molar-refractivity contribution < 1.29 is 23.8 Å². The minimum atomic E-state index is -4.06. The van der Waals surface area contributed by atoms with Crippen LogP contribution >= 0.6 is 11.6 Å². The van der Waals surface area contributed by atoms with Crippen LogP contribution in [0, 0.1) is 0 Å². The third kappa shape index (κ3) is 3.22. The summed E-state index contributed by atoms with van der Waals surface area (Å²) in [6.07, 6.45) is -3.29. The van der Waals surface area contributed by atoms with Crippen LogP contribution in [0.2, 0.25) is 5.02 Å². The molecule has 2 aromatic carbocycles. The lowest BCUT2D eigenvalue weighted by atomic mass is 9.97. The summed E-state index contributed by atoms with van der Waals surface area (Å²) in [5.74, 6) is -1.99. The number of nitrogens with one attached hydrogen (secondary N) is 1. The molecule has 0 saturated heterocycles. The van der Waals surface area contributed by atoms with Gasteiger partial charge in [-0.1, -0.05) is 35.9 Å². The number of para-hydroxylation sites is 1. The first kappa shape index (κ1) is 13.2. The van der Waals surface area contributed by atoms with Crippen molar-refractivity contribution in [3.8, 4) is 0 Å². The number of rotatable bonds is 4. The lowest BCUT2D eigenvalue weighted by Gasteiger charge is -2.21. The molecule has 1 aliphatic heterocycles. The fourth-order valence-corrected chi connectivity index (χ4v) is 4.47. The van der Waals surface area contributed by atoms with Gasteiger partial charge in [0.1, 0.15) is 0 Å². The lowest BCUT2D eigenvalue weighted by Crippen LogP contribution is -2.26. The Balaban J connectivity index is 2.30. The summed E-state index contributed by atoms with van der Waals surface area (Å²) >= 11 is 6.00. The lowest BCUT2D eigenvalue weighted by molar-refractivity contribution is -0.136. The van der Waals surface area contributed by atoms with Gasteiger partial charge in [0.25, 0.3) is 10.0 Å². The Labute approximate surface area is 156 Å². The quantitative estimate of drug-likeness (QED) is 0.846. The molecule has 0 amide bonds. The van der Waals surface area contributed by atoms with Crippen LogP contribution in [0.15, 0.2) is 47.4 Å². The number of sulfonamides is 1. The molecule has 3 rings (SSSR count). The van der Waals surface area contributed by atoms with Gasteiger partial charge < -0.3 is 10.4 Å². The molecule has 2 aromatic rings. The number of nitrogens with zero attached hydrogens (tertiary/aromatic N) is 1. The zero-order chi connectivity index (χ0) is 21.8. The van der Waals surface area contributed by atoms with E-state index >= 15 is 0 Å². The largest absolute Gasteiger partial charge is 0.481 e. The maximum atomic E-state index is 13.1. The number of carboxylic acid groups (broad SMARTS) is 1. The molecular weight excluding hydrogens is 364 g/mol. The van der Waals surface area contributed by atoms with E-state index in [1.807, 2.05) is 0 Å². The molecule has 0 aromatic heterocycles. The van der Waals surface area contributed by atoms with Crippen molar-refractivity contribution in [2.24, 2.45) is 0 Å². The summed E-state index contributed by atoms with van der Waals surface area (Å²) in [6, 6.07) is 9.21.